The smallest absolute Gasteiger partial charge is 0.161 e. The van der Waals surface area contributed by atoms with E-state index in [-0.39, 0.29) is 0 Å². The van der Waals surface area contributed by atoms with Gasteiger partial charge in [-0.15, -0.1) is 0 Å². The molecule has 4 nitrogen and oxygen atoms in total. The second-order valence-corrected chi connectivity index (χ2v) is 5.84. The van der Waals surface area contributed by atoms with Crippen molar-refractivity contribution in [3.8, 4) is 17.2 Å². The lowest BCUT2D eigenvalue weighted by atomic mass is 9.94. The summed E-state index contributed by atoms with van der Waals surface area (Å²) in [5.41, 5.74) is 4.80. The van der Waals surface area contributed by atoms with Crippen LogP contribution in [0.2, 0.25) is 0 Å². The Hall–Kier alpha value is -2.62. The van der Waals surface area contributed by atoms with E-state index in [0.29, 0.717) is 0 Å². The number of hydrogen-bond acceptors (Lipinski definition) is 4. The third-order valence-corrected chi connectivity index (χ3v) is 4.43. The Morgan fingerprint density at radius 2 is 1.58 bits per heavy atom. The predicted molar refractivity (Wildman–Crippen MR) is 96.7 cm³/mol. The average Bonchev–Trinajstić information content (AvgIpc) is 2.63. The molecule has 1 aliphatic rings. The number of nitrogens with zero attached hydrogens (tertiary/aromatic N) is 1. The van der Waals surface area contributed by atoms with E-state index in [4.69, 9.17) is 14.2 Å². The van der Waals surface area contributed by atoms with Crippen LogP contribution in [0.25, 0.3) is 11.8 Å². The van der Waals surface area contributed by atoms with Crippen molar-refractivity contribution < 1.29 is 14.2 Å². The molecule has 0 bridgehead atoms. The molecule has 0 spiro atoms. The molecule has 4 heteroatoms. The molecule has 0 aliphatic carbocycles. The van der Waals surface area contributed by atoms with Crippen molar-refractivity contribution in [1.29, 1.82) is 0 Å². The van der Waals surface area contributed by atoms with Crippen LogP contribution in [0.3, 0.4) is 0 Å². The maximum absolute atomic E-state index is 5.48. The van der Waals surface area contributed by atoms with E-state index in [1.165, 1.54) is 16.8 Å². The van der Waals surface area contributed by atoms with E-state index >= 15 is 0 Å². The summed E-state index contributed by atoms with van der Waals surface area (Å²) in [7, 11) is 7.14. The fourth-order valence-corrected chi connectivity index (χ4v) is 3.03. The molecule has 2 aromatic carbocycles. The first-order valence-electron chi connectivity index (χ1n) is 7.98. The lowest BCUT2D eigenvalue weighted by Gasteiger charge is -2.31. The van der Waals surface area contributed by atoms with Crippen LogP contribution in [0.4, 0.5) is 0 Å². The van der Waals surface area contributed by atoms with Crippen LogP contribution >= 0.6 is 0 Å². The highest BCUT2D eigenvalue weighted by atomic mass is 16.5. The highest BCUT2D eigenvalue weighted by molar-refractivity contribution is 5.83. The van der Waals surface area contributed by atoms with Crippen molar-refractivity contribution >= 4 is 11.8 Å². The van der Waals surface area contributed by atoms with E-state index in [1.54, 1.807) is 21.3 Å². The molecular weight excluding hydrogens is 302 g/mol. The molecule has 0 aromatic heterocycles. The summed E-state index contributed by atoms with van der Waals surface area (Å²) in [6.45, 7) is 0.977. The number of methoxy groups -OCH3 is 3. The van der Waals surface area contributed by atoms with Gasteiger partial charge in [-0.25, -0.2) is 0 Å². The third-order valence-electron chi connectivity index (χ3n) is 4.43. The van der Waals surface area contributed by atoms with Gasteiger partial charge in [0.25, 0.3) is 0 Å². The third kappa shape index (κ3) is 3.04. The largest absolute Gasteiger partial charge is 0.497 e. The summed E-state index contributed by atoms with van der Waals surface area (Å²) in [6, 6.07) is 12.2. The van der Waals surface area contributed by atoms with Gasteiger partial charge in [-0.3, -0.25) is 0 Å². The molecule has 24 heavy (non-hydrogen) atoms. The van der Waals surface area contributed by atoms with Crippen molar-refractivity contribution in [3.05, 3.63) is 53.1 Å². The first-order chi connectivity index (χ1) is 11.7. The Balaban J connectivity index is 2.06. The number of likely N-dealkylation sites (N-methyl/N-ethyl adjacent to an activating group) is 1. The van der Waals surface area contributed by atoms with Crippen LogP contribution < -0.4 is 14.2 Å². The summed E-state index contributed by atoms with van der Waals surface area (Å²) in [4.78, 5) is 2.28. The molecule has 0 N–H and O–H groups in total. The number of hydrogen-bond donors (Lipinski definition) is 0. The van der Waals surface area contributed by atoms with Gasteiger partial charge in [0.15, 0.2) is 11.5 Å². The van der Waals surface area contributed by atoms with Crippen LogP contribution in [0.1, 0.15) is 16.7 Å². The first-order valence-corrected chi connectivity index (χ1v) is 7.98. The number of rotatable bonds is 4. The quantitative estimate of drug-likeness (QED) is 0.858. The molecule has 0 atom stereocenters. The maximum Gasteiger partial charge on any atom is 0.161 e. The van der Waals surface area contributed by atoms with Crippen molar-refractivity contribution in [2.24, 2.45) is 0 Å². The predicted octanol–water partition coefficient (Wildman–Crippen LogP) is 3.70. The Labute approximate surface area is 143 Å². The summed E-state index contributed by atoms with van der Waals surface area (Å²) >= 11 is 0. The SMILES string of the molecule is COc1ccc(/C=C2\c3cc(OC)c(OC)cc3CCN2C)cc1. The molecule has 126 valence electrons. The Morgan fingerprint density at radius 3 is 2.21 bits per heavy atom. The minimum atomic E-state index is 0.757. The lowest BCUT2D eigenvalue weighted by molar-refractivity contribution is 0.353. The highest BCUT2D eigenvalue weighted by Crippen LogP contribution is 2.37. The Kier molecular flexibility index (Phi) is 4.65. The second kappa shape index (κ2) is 6.87. The Morgan fingerprint density at radius 1 is 0.917 bits per heavy atom. The molecule has 0 saturated carbocycles. The van der Waals surface area contributed by atoms with Gasteiger partial charge in [-0.05, 0) is 47.9 Å². The average molecular weight is 325 g/mol. The second-order valence-electron chi connectivity index (χ2n) is 5.84. The van der Waals surface area contributed by atoms with Crippen molar-refractivity contribution in [3.63, 3.8) is 0 Å². The molecule has 0 saturated heterocycles. The standard InChI is InChI=1S/C20H23NO3/c1-21-10-9-15-12-19(23-3)20(24-4)13-17(15)18(21)11-14-5-7-16(22-2)8-6-14/h5-8,11-13H,9-10H2,1-4H3/b18-11+. The van der Waals surface area contributed by atoms with E-state index < -0.39 is 0 Å². The molecular formula is C20H23NO3. The van der Waals surface area contributed by atoms with Crippen LogP contribution in [-0.4, -0.2) is 39.8 Å². The van der Waals surface area contributed by atoms with Crippen LogP contribution in [0, 0.1) is 0 Å². The van der Waals surface area contributed by atoms with Gasteiger partial charge in [-0.1, -0.05) is 12.1 Å². The van der Waals surface area contributed by atoms with Gasteiger partial charge >= 0.3 is 0 Å². The molecule has 0 unspecified atom stereocenters. The molecule has 0 fully saturated rings. The van der Waals surface area contributed by atoms with Crippen LogP contribution in [0.15, 0.2) is 36.4 Å². The fourth-order valence-electron chi connectivity index (χ4n) is 3.03. The fraction of sp³-hybridized carbons (Fsp3) is 0.300. The van der Waals surface area contributed by atoms with Crippen LogP contribution in [-0.2, 0) is 6.42 Å². The molecule has 0 amide bonds. The normalized spacial score (nSPS) is 15.2. The molecule has 1 aliphatic heterocycles. The summed E-state index contributed by atoms with van der Waals surface area (Å²) in [6.07, 6.45) is 3.19. The molecule has 2 aromatic rings. The number of fused-ring (bicyclic) bond motifs is 1. The minimum absolute atomic E-state index is 0.757. The van der Waals surface area contributed by atoms with Gasteiger partial charge in [0.1, 0.15) is 5.75 Å². The van der Waals surface area contributed by atoms with E-state index in [9.17, 15) is 0 Å². The van der Waals surface area contributed by atoms with Gasteiger partial charge in [-0.2, -0.15) is 0 Å². The topological polar surface area (TPSA) is 30.9 Å². The number of benzene rings is 2. The zero-order valence-electron chi connectivity index (χ0n) is 14.6. The summed E-state index contributed by atoms with van der Waals surface area (Å²) < 4.78 is 16.1. The Bertz CT molecular complexity index is 750. The number of ether oxygens (including phenoxy) is 3. The van der Waals surface area contributed by atoms with Gasteiger partial charge < -0.3 is 19.1 Å². The molecule has 1 heterocycles. The first kappa shape index (κ1) is 16.2. The van der Waals surface area contributed by atoms with Crippen molar-refractivity contribution in [2.45, 2.75) is 6.42 Å². The van der Waals surface area contributed by atoms with Crippen LogP contribution in [0.5, 0.6) is 17.2 Å². The van der Waals surface area contributed by atoms with E-state index in [0.717, 1.165) is 35.8 Å². The lowest BCUT2D eigenvalue weighted by Crippen LogP contribution is -2.25. The highest BCUT2D eigenvalue weighted by Gasteiger charge is 2.21. The van der Waals surface area contributed by atoms with Gasteiger partial charge in [0, 0.05) is 24.9 Å². The van der Waals surface area contributed by atoms with Crippen molar-refractivity contribution in [2.75, 3.05) is 34.9 Å². The van der Waals surface area contributed by atoms with Crippen molar-refractivity contribution in [1.82, 2.24) is 4.90 Å². The summed E-state index contributed by atoms with van der Waals surface area (Å²) in [5.74, 6) is 2.40. The van der Waals surface area contributed by atoms with E-state index in [1.807, 2.05) is 12.1 Å². The molecule has 3 rings (SSSR count). The zero-order valence-corrected chi connectivity index (χ0v) is 14.6. The van der Waals surface area contributed by atoms with E-state index in [2.05, 4.69) is 42.3 Å². The maximum atomic E-state index is 5.48. The van der Waals surface area contributed by atoms with Gasteiger partial charge in [0.05, 0.1) is 21.3 Å². The summed E-state index contributed by atoms with van der Waals surface area (Å²) in [5, 5.41) is 0. The monoisotopic (exact) mass is 325 g/mol. The minimum Gasteiger partial charge on any atom is -0.497 e. The molecule has 0 radical (unpaired) electrons. The zero-order chi connectivity index (χ0) is 17.1. The van der Waals surface area contributed by atoms with Gasteiger partial charge in [0.2, 0.25) is 0 Å².